The van der Waals surface area contributed by atoms with Gasteiger partial charge in [-0.05, 0) is 24.6 Å². The minimum absolute atomic E-state index is 0.254. The average Bonchev–Trinajstić information content (AvgIpc) is 2.22. The lowest BCUT2D eigenvalue weighted by Crippen LogP contribution is -2.20. The van der Waals surface area contributed by atoms with Crippen molar-refractivity contribution in [2.75, 3.05) is 13.2 Å². The molecule has 0 fully saturated rings. The molecule has 0 aliphatic rings. The first-order valence-electron chi connectivity index (χ1n) is 4.67. The highest BCUT2D eigenvalue weighted by Gasteiger charge is 2.12. The van der Waals surface area contributed by atoms with E-state index >= 15 is 0 Å². The van der Waals surface area contributed by atoms with Gasteiger partial charge in [0.25, 0.3) is 0 Å². The van der Waals surface area contributed by atoms with E-state index in [0.717, 1.165) is 5.56 Å². The highest BCUT2D eigenvalue weighted by molar-refractivity contribution is 6.37. The Balaban J connectivity index is 3.07. The fourth-order valence-corrected chi connectivity index (χ4v) is 1.82. The van der Waals surface area contributed by atoms with Crippen LogP contribution in [0.25, 0.3) is 0 Å². The van der Waals surface area contributed by atoms with Crippen molar-refractivity contribution in [3.8, 4) is 5.75 Å². The number of rotatable bonds is 4. The molecule has 1 aromatic carbocycles. The molecule has 1 atom stereocenters. The van der Waals surface area contributed by atoms with E-state index in [4.69, 9.17) is 39.4 Å². The molecule has 15 heavy (non-hydrogen) atoms. The van der Waals surface area contributed by atoms with Crippen LogP contribution in [0.4, 0.5) is 0 Å². The van der Waals surface area contributed by atoms with Crippen LogP contribution in [0.15, 0.2) is 12.1 Å². The third kappa shape index (κ3) is 2.98. The summed E-state index contributed by atoms with van der Waals surface area (Å²) in [6.45, 7) is 2.73. The van der Waals surface area contributed by atoms with Crippen LogP contribution in [0.3, 0.4) is 0 Å². The van der Waals surface area contributed by atoms with E-state index in [1.54, 1.807) is 12.1 Å². The van der Waals surface area contributed by atoms with Gasteiger partial charge in [-0.3, -0.25) is 0 Å². The van der Waals surface area contributed by atoms with Gasteiger partial charge in [-0.2, -0.15) is 0 Å². The van der Waals surface area contributed by atoms with Crippen molar-refractivity contribution in [3.63, 3.8) is 0 Å². The van der Waals surface area contributed by atoms with Crippen molar-refractivity contribution in [2.24, 2.45) is 11.5 Å². The smallest absolute Gasteiger partial charge is 0.156 e. The van der Waals surface area contributed by atoms with E-state index in [9.17, 15) is 0 Å². The lowest BCUT2D eigenvalue weighted by molar-refractivity contribution is 0.340. The first-order valence-corrected chi connectivity index (χ1v) is 5.43. The Morgan fingerprint density at radius 3 is 2.27 bits per heavy atom. The van der Waals surface area contributed by atoms with E-state index in [1.165, 1.54) is 0 Å². The van der Waals surface area contributed by atoms with Crippen LogP contribution in [0, 0.1) is 0 Å². The number of ether oxygens (including phenoxy) is 1. The highest BCUT2D eigenvalue weighted by Crippen LogP contribution is 2.35. The van der Waals surface area contributed by atoms with Crippen LogP contribution in [-0.2, 0) is 0 Å². The fraction of sp³-hybridized carbons (Fsp3) is 0.400. The molecule has 4 N–H and O–H groups in total. The van der Waals surface area contributed by atoms with Crippen molar-refractivity contribution in [1.29, 1.82) is 0 Å². The second kappa shape index (κ2) is 5.56. The van der Waals surface area contributed by atoms with Gasteiger partial charge in [-0.25, -0.2) is 0 Å². The fourth-order valence-electron chi connectivity index (χ4n) is 1.21. The third-order valence-corrected chi connectivity index (χ3v) is 2.55. The minimum Gasteiger partial charge on any atom is -0.491 e. The number of benzene rings is 1. The normalized spacial score (nSPS) is 12.6. The van der Waals surface area contributed by atoms with E-state index in [-0.39, 0.29) is 6.04 Å². The van der Waals surface area contributed by atoms with E-state index < -0.39 is 0 Å². The minimum atomic E-state index is -0.254. The summed E-state index contributed by atoms with van der Waals surface area (Å²) in [6, 6.07) is 3.21. The van der Waals surface area contributed by atoms with E-state index in [2.05, 4.69) is 0 Å². The average molecular weight is 249 g/mol. The third-order valence-electron chi connectivity index (χ3n) is 1.99. The van der Waals surface area contributed by atoms with E-state index in [1.807, 2.05) is 6.92 Å². The van der Waals surface area contributed by atoms with Crippen LogP contribution in [-0.4, -0.2) is 13.2 Å². The van der Waals surface area contributed by atoms with Gasteiger partial charge < -0.3 is 16.2 Å². The predicted molar refractivity (Wildman–Crippen MR) is 63.6 cm³/mol. The molecular weight excluding hydrogens is 235 g/mol. The lowest BCUT2D eigenvalue weighted by atomic mass is 10.1. The molecule has 0 aliphatic heterocycles. The molecule has 0 bridgehead atoms. The zero-order chi connectivity index (χ0) is 11.4. The second-order valence-corrected chi connectivity index (χ2v) is 3.90. The molecule has 0 saturated carbocycles. The summed E-state index contributed by atoms with van der Waals surface area (Å²) in [5, 5.41) is 0.923. The van der Waals surface area contributed by atoms with Crippen LogP contribution < -0.4 is 16.2 Å². The van der Waals surface area contributed by atoms with Gasteiger partial charge in [0.05, 0.1) is 16.7 Å². The molecule has 1 aromatic rings. The summed E-state index contributed by atoms with van der Waals surface area (Å²) >= 11 is 12.0. The largest absolute Gasteiger partial charge is 0.491 e. The lowest BCUT2D eigenvalue weighted by Gasteiger charge is -2.13. The number of halogens is 2. The molecule has 0 heterocycles. The first kappa shape index (κ1) is 12.6. The van der Waals surface area contributed by atoms with Crippen LogP contribution in [0.1, 0.15) is 18.5 Å². The number of hydrogen-bond donors (Lipinski definition) is 2. The monoisotopic (exact) mass is 248 g/mol. The van der Waals surface area contributed by atoms with Gasteiger partial charge >= 0.3 is 0 Å². The molecular formula is C10H14Cl2N2O. The topological polar surface area (TPSA) is 61.3 Å². The molecule has 0 amide bonds. The maximum absolute atomic E-state index is 6.01. The molecule has 84 valence electrons. The Labute approximate surface area is 99.3 Å². The van der Waals surface area contributed by atoms with Gasteiger partial charge in [0.2, 0.25) is 0 Å². The van der Waals surface area contributed by atoms with Crippen molar-refractivity contribution < 1.29 is 4.74 Å². The zero-order valence-corrected chi connectivity index (χ0v) is 9.98. The number of nitrogens with two attached hydrogens (primary N) is 2. The Bertz CT molecular complexity index is 321. The standard InChI is InChI=1S/C10H14Cl2N2O/c1-2-15-10-7(11)3-6(4-8(10)12)9(14)5-13/h3-4,9H,2,5,13-14H2,1H3. The molecule has 1 rings (SSSR count). The van der Waals surface area contributed by atoms with Crippen molar-refractivity contribution in [3.05, 3.63) is 27.7 Å². The molecule has 3 nitrogen and oxygen atoms in total. The van der Waals surface area contributed by atoms with Crippen molar-refractivity contribution in [1.82, 2.24) is 0 Å². The van der Waals surface area contributed by atoms with Crippen LogP contribution >= 0.6 is 23.2 Å². The molecule has 0 aliphatic carbocycles. The predicted octanol–water partition coefficient (Wildman–Crippen LogP) is 2.35. The summed E-state index contributed by atoms with van der Waals surface area (Å²) in [6.07, 6.45) is 0. The molecule has 1 unspecified atom stereocenters. The Morgan fingerprint density at radius 1 is 1.33 bits per heavy atom. The molecule has 0 aromatic heterocycles. The Morgan fingerprint density at radius 2 is 1.87 bits per heavy atom. The Kier molecular flexibility index (Phi) is 4.67. The summed E-state index contributed by atoms with van der Waals surface area (Å²) in [5.74, 6) is 0.494. The second-order valence-electron chi connectivity index (χ2n) is 3.09. The summed E-state index contributed by atoms with van der Waals surface area (Å²) in [7, 11) is 0. The maximum Gasteiger partial charge on any atom is 0.156 e. The highest BCUT2D eigenvalue weighted by atomic mass is 35.5. The van der Waals surface area contributed by atoms with Crippen molar-refractivity contribution in [2.45, 2.75) is 13.0 Å². The summed E-state index contributed by atoms with van der Waals surface area (Å²) in [5.41, 5.74) is 12.0. The SMILES string of the molecule is CCOc1c(Cl)cc(C(N)CN)cc1Cl. The zero-order valence-electron chi connectivity index (χ0n) is 8.47. The van der Waals surface area contributed by atoms with Gasteiger partial charge in [0.15, 0.2) is 5.75 Å². The quantitative estimate of drug-likeness (QED) is 0.860. The molecule has 5 heteroatoms. The summed E-state index contributed by atoms with van der Waals surface area (Å²) < 4.78 is 5.30. The van der Waals surface area contributed by atoms with Gasteiger partial charge in [0, 0.05) is 12.6 Å². The van der Waals surface area contributed by atoms with Gasteiger partial charge in [0.1, 0.15) is 0 Å². The van der Waals surface area contributed by atoms with Crippen molar-refractivity contribution >= 4 is 23.2 Å². The van der Waals surface area contributed by atoms with Crippen LogP contribution in [0.2, 0.25) is 10.0 Å². The molecule has 0 saturated heterocycles. The molecule has 0 radical (unpaired) electrons. The maximum atomic E-state index is 6.01. The van der Waals surface area contributed by atoms with Crippen LogP contribution in [0.5, 0.6) is 5.75 Å². The summed E-state index contributed by atoms with van der Waals surface area (Å²) in [4.78, 5) is 0. The van der Waals surface area contributed by atoms with Gasteiger partial charge in [-0.15, -0.1) is 0 Å². The Hall–Kier alpha value is -0.480. The van der Waals surface area contributed by atoms with E-state index in [0.29, 0.717) is 28.9 Å². The van der Waals surface area contributed by atoms with Gasteiger partial charge in [-0.1, -0.05) is 23.2 Å². The molecule has 0 spiro atoms. The number of hydrogen-bond acceptors (Lipinski definition) is 3. The first-order chi connectivity index (χ1) is 7.10.